The molecule has 2 aromatic rings. The first-order chi connectivity index (χ1) is 12.4. The van der Waals surface area contributed by atoms with Crippen molar-refractivity contribution in [3.05, 3.63) is 71.3 Å². The van der Waals surface area contributed by atoms with Crippen molar-refractivity contribution in [3.63, 3.8) is 0 Å². The SMILES string of the molecule is CCNC(=O)C(C)N(Cc1ccccc1F)C(=O)Cc1ccc(F)cc1. The number of hydrogen-bond donors (Lipinski definition) is 1. The van der Waals surface area contributed by atoms with Crippen LogP contribution in [0.4, 0.5) is 8.78 Å². The summed E-state index contributed by atoms with van der Waals surface area (Å²) >= 11 is 0. The molecule has 0 spiro atoms. The van der Waals surface area contributed by atoms with E-state index in [1.807, 2.05) is 0 Å². The van der Waals surface area contributed by atoms with Crippen molar-refractivity contribution in [2.24, 2.45) is 0 Å². The van der Waals surface area contributed by atoms with E-state index in [2.05, 4.69) is 5.32 Å². The second-order valence-corrected chi connectivity index (χ2v) is 5.99. The Bertz CT molecular complexity index is 763. The van der Waals surface area contributed by atoms with Gasteiger partial charge in [-0.1, -0.05) is 30.3 Å². The van der Waals surface area contributed by atoms with E-state index in [-0.39, 0.29) is 30.6 Å². The van der Waals surface area contributed by atoms with E-state index in [1.54, 1.807) is 32.0 Å². The van der Waals surface area contributed by atoms with Crippen LogP contribution in [-0.4, -0.2) is 29.3 Å². The summed E-state index contributed by atoms with van der Waals surface area (Å²) in [6, 6.07) is 11.0. The van der Waals surface area contributed by atoms with Gasteiger partial charge in [-0.05, 0) is 37.6 Å². The van der Waals surface area contributed by atoms with Gasteiger partial charge in [0.05, 0.1) is 6.42 Å². The number of rotatable bonds is 7. The average molecular weight is 360 g/mol. The van der Waals surface area contributed by atoms with Crippen LogP contribution in [0.25, 0.3) is 0 Å². The summed E-state index contributed by atoms with van der Waals surface area (Å²) < 4.78 is 27.1. The monoisotopic (exact) mass is 360 g/mol. The molecule has 0 saturated heterocycles. The zero-order chi connectivity index (χ0) is 19.1. The molecule has 2 amide bonds. The van der Waals surface area contributed by atoms with Crippen LogP contribution in [-0.2, 0) is 22.6 Å². The third kappa shape index (κ3) is 5.12. The number of nitrogens with zero attached hydrogens (tertiary/aromatic N) is 1. The van der Waals surface area contributed by atoms with Crippen LogP contribution in [0.3, 0.4) is 0 Å². The molecule has 4 nitrogen and oxygen atoms in total. The number of likely N-dealkylation sites (N-methyl/N-ethyl adjacent to an activating group) is 1. The molecule has 0 aliphatic heterocycles. The van der Waals surface area contributed by atoms with Gasteiger partial charge in [0.25, 0.3) is 0 Å². The third-order valence-electron chi connectivity index (χ3n) is 4.09. The van der Waals surface area contributed by atoms with Crippen molar-refractivity contribution in [1.82, 2.24) is 10.2 Å². The van der Waals surface area contributed by atoms with Crippen LogP contribution >= 0.6 is 0 Å². The second-order valence-electron chi connectivity index (χ2n) is 5.99. The summed E-state index contributed by atoms with van der Waals surface area (Å²) in [5, 5.41) is 2.68. The van der Waals surface area contributed by atoms with Gasteiger partial charge >= 0.3 is 0 Å². The number of amides is 2. The molecule has 0 aliphatic carbocycles. The molecular weight excluding hydrogens is 338 g/mol. The molecule has 138 valence electrons. The fourth-order valence-electron chi connectivity index (χ4n) is 2.59. The van der Waals surface area contributed by atoms with Gasteiger partial charge in [0.1, 0.15) is 17.7 Å². The van der Waals surface area contributed by atoms with Crippen LogP contribution in [0.2, 0.25) is 0 Å². The molecule has 1 atom stereocenters. The zero-order valence-electron chi connectivity index (χ0n) is 14.8. The highest BCUT2D eigenvalue weighted by atomic mass is 19.1. The second kappa shape index (κ2) is 9.08. The van der Waals surface area contributed by atoms with E-state index in [1.165, 1.54) is 35.2 Å². The van der Waals surface area contributed by atoms with Gasteiger partial charge < -0.3 is 10.2 Å². The summed E-state index contributed by atoms with van der Waals surface area (Å²) in [6.07, 6.45) is -0.00151. The van der Waals surface area contributed by atoms with E-state index >= 15 is 0 Å². The fraction of sp³-hybridized carbons (Fsp3) is 0.300. The third-order valence-corrected chi connectivity index (χ3v) is 4.09. The minimum atomic E-state index is -0.762. The van der Waals surface area contributed by atoms with Crippen LogP contribution in [0, 0.1) is 11.6 Å². The Morgan fingerprint density at radius 1 is 1.08 bits per heavy atom. The number of benzene rings is 2. The Morgan fingerprint density at radius 2 is 1.73 bits per heavy atom. The summed E-state index contributed by atoms with van der Waals surface area (Å²) in [7, 11) is 0. The highest BCUT2D eigenvalue weighted by Crippen LogP contribution is 2.15. The molecule has 6 heteroatoms. The quantitative estimate of drug-likeness (QED) is 0.825. The first-order valence-electron chi connectivity index (χ1n) is 8.47. The van der Waals surface area contributed by atoms with Crippen molar-refractivity contribution in [3.8, 4) is 0 Å². The Labute approximate surface area is 151 Å². The number of halogens is 2. The van der Waals surface area contributed by atoms with Gasteiger partial charge in [0.2, 0.25) is 11.8 Å². The largest absolute Gasteiger partial charge is 0.355 e. The lowest BCUT2D eigenvalue weighted by Crippen LogP contribution is -2.48. The number of nitrogens with one attached hydrogen (secondary N) is 1. The van der Waals surface area contributed by atoms with Crippen molar-refractivity contribution >= 4 is 11.8 Å². The summed E-state index contributed by atoms with van der Waals surface area (Å²) in [5.41, 5.74) is 0.953. The normalized spacial score (nSPS) is 11.7. The fourth-order valence-corrected chi connectivity index (χ4v) is 2.59. The maximum atomic E-state index is 14.0. The number of carbonyl (C=O) groups excluding carboxylic acids is 2. The predicted molar refractivity (Wildman–Crippen MR) is 95.2 cm³/mol. The summed E-state index contributed by atoms with van der Waals surface area (Å²) in [4.78, 5) is 26.3. The Kier molecular flexibility index (Phi) is 6.83. The Hall–Kier alpha value is -2.76. The molecule has 0 aromatic heterocycles. The minimum absolute atomic E-state index is 0.00151. The summed E-state index contributed by atoms with van der Waals surface area (Å²) in [5.74, 6) is -1.47. The lowest BCUT2D eigenvalue weighted by atomic mass is 10.1. The van der Waals surface area contributed by atoms with Gasteiger partial charge in [0.15, 0.2) is 0 Å². The number of carbonyl (C=O) groups is 2. The average Bonchev–Trinajstić information content (AvgIpc) is 2.62. The lowest BCUT2D eigenvalue weighted by Gasteiger charge is -2.29. The van der Waals surface area contributed by atoms with Gasteiger partial charge in [-0.3, -0.25) is 9.59 Å². The van der Waals surface area contributed by atoms with Crippen molar-refractivity contribution in [1.29, 1.82) is 0 Å². The Morgan fingerprint density at radius 3 is 2.35 bits per heavy atom. The molecule has 0 bridgehead atoms. The molecule has 0 fully saturated rings. The van der Waals surface area contributed by atoms with Crippen molar-refractivity contribution < 1.29 is 18.4 Å². The van der Waals surface area contributed by atoms with Crippen LogP contribution < -0.4 is 5.32 Å². The van der Waals surface area contributed by atoms with Crippen LogP contribution in [0.15, 0.2) is 48.5 Å². The molecule has 1 N–H and O–H groups in total. The first-order valence-corrected chi connectivity index (χ1v) is 8.47. The zero-order valence-corrected chi connectivity index (χ0v) is 14.8. The van der Waals surface area contributed by atoms with Gasteiger partial charge in [-0.15, -0.1) is 0 Å². The standard InChI is InChI=1S/C20H22F2N2O2/c1-3-23-20(26)14(2)24(13-16-6-4-5-7-18(16)22)19(25)12-15-8-10-17(21)11-9-15/h4-11,14H,3,12-13H2,1-2H3,(H,23,26). The number of hydrogen-bond acceptors (Lipinski definition) is 2. The van der Waals surface area contributed by atoms with E-state index in [9.17, 15) is 18.4 Å². The highest BCUT2D eigenvalue weighted by Gasteiger charge is 2.26. The van der Waals surface area contributed by atoms with Crippen LogP contribution in [0.1, 0.15) is 25.0 Å². The lowest BCUT2D eigenvalue weighted by molar-refractivity contribution is -0.140. The maximum Gasteiger partial charge on any atom is 0.242 e. The topological polar surface area (TPSA) is 49.4 Å². The van der Waals surface area contributed by atoms with Gasteiger partial charge in [-0.2, -0.15) is 0 Å². The highest BCUT2D eigenvalue weighted by molar-refractivity contribution is 5.88. The predicted octanol–water partition coefficient (Wildman–Crippen LogP) is 3.06. The van der Waals surface area contributed by atoms with E-state index in [0.717, 1.165) is 0 Å². The van der Waals surface area contributed by atoms with Crippen molar-refractivity contribution in [2.45, 2.75) is 32.9 Å². The van der Waals surface area contributed by atoms with Gasteiger partial charge in [0, 0.05) is 18.7 Å². The van der Waals surface area contributed by atoms with E-state index in [4.69, 9.17) is 0 Å². The molecule has 2 aromatic carbocycles. The summed E-state index contributed by atoms with van der Waals surface area (Å²) in [6.45, 7) is 3.80. The Balaban J connectivity index is 2.23. The van der Waals surface area contributed by atoms with Crippen molar-refractivity contribution in [2.75, 3.05) is 6.54 Å². The molecule has 1 unspecified atom stereocenters. The molecule has 0 heterocycles. The van der Waals surface area contributed by atoms with E-state index in [0.29, 0.717) is 17.7 Å². The minimum Gasteiger partial charge on any atom is -0.355 e. The molecule has 26 heavy (non-hydrogen) atoms. The van der Waals surface area contributed by atoms with Crippen LogP contribution in [0.5, 0.6) is 0 Å². The molecule has 2 rings (SSSR count). The maximum absolute atomic E-state index is 14.0. The molecular formula is C20H22F2N2O2. The van der Waals surface area contributed by atoms with E-state index < -0.39 is 11.9 Å². The smallest absolute Gasteiger partial charge is 0.242 e. The molecule has 0 saturated carbocycles. The van der Waals surface area contributed by atoms with Gasteiger partial charge in [-0.25, -0.2) is 8.78 Å². The first kappa shape index (κ1) is 19.6. The molecule has 0 radical (unpaired) electrons. The molecule has 0 aliphatic rings.